The first kappa shape index (κ1) is 10.4. The van der Waals surface area contributed by atoms with Gasteiger partial charge in [0.15, 0.2) is 0 Å². The van der Waals surface area contributed by atoms with E-state index in [9.17, 15) is 4.79 Å². The number of fused-ring (bicyclic) bond motifs is 1. The molecule has 0 unspecified atom stereocenters. The lowest BCUT2D eigenvalue weighted by Gasteiger charge is -2.08. The summed E-state index contributed by atoms with van der Waals surface area (Å²) in [4.78, 5) is 14.8. The third-order valence-electron chi connectivity index (χ3n) is 2.36. The summed E-state index contributed by atoms with van der Waals surface area (Å²) >= 11 is 0. The molecule has 1 aromatic carbocycles. The van der Waals surface area contributed by atoms with Gasteiger partial charge < -0.3 is 10.4 Å². The minimum atomic E-state index is -0.804. The number of hydrogen-bond donors (Lipinski definition) is 2. The molecular formula is C12H12N2O2. The van der Waals surface area contributed by atoms with E-state index in [1.54, 1.807) is 12.4 Å². The summed E-state index contributed by atoms with van der Waals surface area (Å²) in [7, 11) is 0. The van der Waals surface area contributed by atoms with Crippen LogP contribution in [0.4, 0.5) is 5.69 Å². The highest BCUT2D eigenvalue weighted by Crippen LogP contribution is 2.20. The van der Waals surface area contributed by atoms with Crippen molar-refractivity contribution in [2.24, 2.45) is 4.99 Å². The second-order valence-corrected chi connectivity index (χ2v) is 3.48. The molecule has 1 aromatic rings. The summed E-state index contributed by atoms with van der Waals surface area (Å²) in [6.07, 6.45) is 3.93. The number of nitrogens with zero attached hydrogens (tertiary/aromatic N) is 1. The first-order chi connectivity index (χ1) is 7.77. The molecule has 0 saturated heterocycles. The van der Waals surface area contributed by atoms with Crippen LogP contribution in [0.5, 0.6) is 0 Å². The Balaban J connectivity index is 2.27. The van der Waals surface area contributed by atoms with Crippen LogP contribution in [0.15, 0.2) is 41.7 Å². The highest BCUT2D eigenvalue weighted by Gasteiger charge is 2.11. The minimum Gasteiger partial charge on any atom is -0.481 e. The molecule has 1 aliphatic heterocycles. The van der Waals surface area contributed by atoms with E-state index in [0.717, 1.165) is 17.0 Å². The molecule has 0 bridgehead atoms. The molecule has 0 saturated carbocycles. The number of aliphatic carboxylic acids is 1. The van der Waals surface area contributed by atoms with E-state index in [1.165, 1.54) is 0 Å². The van der Waals surface area contributed by atoms with E-state index in [2.05, 4.69) is 10.3 Å². The van der Waals surface area contributed by atoms with Crippen LogP contribution in [-0.2, 0) is 4.79 Å². The topological polar surface area (TPSA) is 61.7 Å². The number of nitrogens with one attached hydrogen (secondary N) is 1. The van der Waals surface area contributed by atoms with Gasteiger partial charge in [0.2, 0.25) is 0 Å². The molecule has 0 radical (unpaired) electrons. The maximum absolute atomic E-state index is 10.6. The number of carboxylic acids is 1. The Bertz CT molecular complexity index is 464. The molecular weight excluding hydrogens is 204 g/mol. The fourth-order valence-electron chi connectivity index (χ4n) is 1.61. The molecule has 0 aromatic heterocycles. The molecule has 0 spiro atoms. The van der Waals surface area contributed by atoms with Gasteiger partial charge in [0.1, 0.15) is 0 Å². The average molecular weight is 216 g/mol. The average Bonchev–Trinajstić information content (AvgIpc) is 2.48. The highest BCUT2D eigenvalue weighted by atomic mass is 16.4. The second-order valence-electron chi connectivity index (χ2n) is 3.48. The predicted octanol–water partition coefficient (Wildman–Crippen LogP) is 2.24. The van der Waals surface area contributed by atoms with Crippen LogP contribution in [0.2, 0.25) is 0 Å². The van der Waals surface area contributed by atoms with E-state index in [0.29, 0.717) is 6.42 Å². The van der Waals surface area contributed by atoms with Crippen molar-refractivity contribution in [1.82, 2.24) is 0 Å². The lowest BCUT2D eigenvalue weighted by molar-refractivity contribution is -0.136. The van der Waals surface area contributed by atoms with E-state index < -0.39 is 5.97 Å². The SMILES string of the molecule is O=C(O)CCC1=NC=CNc2ccccc21. The van der Waals surface area contributed by atoms with Gasteiger partial charge in [0, 0.05) is 30.1 Å². The summed E-state index contributed by atoms with van der Waals surface area (Å²) in [5, 5.41) is 11.8. The third-order valence-corrected chi connectivity index (χ3v) is 2.36. The summed E-state index contributed by atoms with van der Waals surface area (Å²) in [5.41, 5.74) is 2.73. The monoisotopic (exact) mass is 216 g/mol. The predicted molar refractivity (Wildman–Crippen MR) is 62.6 cm³/mol. The fraction of sp³-hybridized carbons (Fsp3) is 0.167. The zero-order valence-electron chi connectivity index (χ0n) is 8.68. The molecule has 0 fully saturated rings. The van der Waals surface area contributed by atoms with Crippen molar-refractivity contribution < 1.29 is 9.90 Å². The number of aliphatic imine (C=N–C) groups is 1. The first-order valence-corrected chi connectivity index (χ1v) is 5.07. The molecule has 1 heterocycles. The van der Waals surface area contributed by atoms with E-state index >= 15 is 0 Å². The molecule has 16 heavy (non-hydrogen) atoms. The van der Waals surface area contributed by atoms with E-state index in [1.807, 2.05) is 24.3 Å². The number of carboxylic acid groups (broad SMARTS) is 1. The number of hydrogen-bond acceptors (Lipinski definition) is 3. The van der Waals surface area contributed by atoms with Crippen LogP contribution < -0.4 is 5.32 Å². The van der Waals surface area contributed by atoms with Crippen molar-refractivity contribution in [2.45, 2.75) is 12.8 Å². The summed E-state index contributed by atoms with van der Waals surface area (Å²) in [6, 6.07) is 7.74. The van der Waals surface area contributed by atoms with Crippen molar-refractivity contribution in [3.05, 3.63) is 42.2 Å². The number of carbonyl (C=O) groups is 1. The highest BCUT2D eigenvalue weighted by molar-refractivity contribution is 6.06. The summed E-state index contributed by atoms with van der Waals surface area (Å²) in [5.74, 6) is -0.804. The molecule has 1 aliphatic rings. The van der Waals surface area contributed by atoms with Crippen molar-refractivity contribution in [3.63, 3.8) is 0 Å². The van der Waals surface area contributed by atoms with Gasteiger partial charge in [-0.3, -0.25) is 9.79 Å². The third kappa shape index (κ3) is 2.28. The standard InChI is InChI=1S/C12H12N2O2/c15-12(16)6-5-11-9-3-1-2-4-10(9)13-7-8-14-11/h1-4,7-8,13H,5-6H2,(H,15,16). The smallest absolute Gasteiger partial charge is 0.303 e. The lowest BCUT2D eigenvalue weighted by atomic mass is 10.0. The van der Waals surface area contributed by atoms with E-state index in [-0.39, 0.29) is 6.42 Å². The van der Waals surface area contributed by atoms with Gasteiger partial charge in [-0.15, -0.1) is 0 Å². The summed E-state index contributed by atoms with van der Waals surface area (Å²) in [6.45, 7) is 0. The molecule has 0 atom stereocenters. The fourth-order valence-corrected chi connectivity index (χ4v) is 1.61. The quantitative estimate of drug-likeness (QED) is 0.814. The van der Waals surface area contributed by atoms with Crippen LogP contribution in [0, 0.1) is 0 Å². The number of rotatable bonds is 3. The minimum absolute atomic E-state index is 0.0982. The normalized spacial score (nSPS) is 13.4. The molecule has 2 N–H and O–H groups in total. The molecule has 82 valence electrons. The molecule has 4 heteroatoms. The zero-order chi connectivity index (χ0) is 11.4. The van der Waals surface area contributed by atoms with Gasteiger partial charge in [-0.1, -0.05) is 18.2 Å². The summed E-state index contributed by atoms with van der Waals surface area (Å²) < 4.78 is 0. The van der Waals surface area contributed by atoms with Crippen LogP contribution >= 0.6 is 0 Å². The Morgan fingerprint density at radius 3 is 3.00 bits per heavy atom. The van der Waals surface area contributed by atoms with Crippen molar-refractivity contribution in [1.29, 1.82) is 0 Å². The van der Waals surface area contributed by atoms with Gasteiger partial charge in [-0.2, -0.15) is 0 Å². The Morgan fingerprint density at radius 1 is 1.38 bits per heavy atom. The lowest BCUT2D eigenvalue weighted by Crippen LogP contribution is -2.06. The maximum Gasteiger partial charge on any atom is 0.303 e. The van der Waals surface area contributed by atoms with Gasteiger partial charge in [-0.05, 0) is 6.07 Å². The number of anilines is 1. The van der Waals surface area contributed by atoms with Gasteiger partial charge in [0.05, 0.1) is 12.1 Å². The van der Waals surface area contributed by atoms with Crippen molar-refractivity contribution >= 4 is 17.4 Å². The molecule has 0 aliphatic carbocycles. The number of benzene rings is 1. The van der Waals surface area contributed by atoms with Gasteiger partial charge in [-0.25, -0.2) is 0 Å². The Hall–Kier alpha value is -2.10. The second kappa shape index (κ2) is 4.61. The molecule has 4 nitrogen and oxygen atoms in total. The Morgan fingerprint density at radius 2 is 2.19 bits per heavy atom. The van der Waals surface area contributed by atoms with Crippen LogP contribution in [0.1, 0.15) is 18.4 Å². The van der Waals surface area contributed by atoms with Crippen molar-refractivity contribution in [2.75, 3.05) is 5.32 Å². The maximum atomic E-state index is 10.6. The van der Waals surface area contributed by atoms with Crippen LogP contribution in [0.3, 0.4) is 0 Å². The van der Waals surface area contributed by atoms with Crippen LogP contribution in [0.25, 0.3) is 0 Å². The number of para-hydroxylation sites is 1. The Kier molecular flexibility index (Phi) is 3.00. The van der Waals surface area contributed by atoms with Crippen molar-refractivity contribution in [3.8, 4) is 0 Å². The first-order valence-electron chi connectivity index (χ1n) is 5.07. The molecule has 0 amide bonds. The van der Waals surface area contributed by atoms with Gasteiger partial charge >= 0.3 is 5.97 Å². The van der Waals surface area contributed by atoms with E-state index in [4.69, 9.17) is 5.11 Å². The van der Waals surface area contributed by atoms with Crippen LogP contribution in [-0.4, -0.2) is 16.8 Å². The zero-order valence-corrected chi connectivity index (χ0v) is 8.68. The molecule has 2 rings (SSSR count). The van der Waals surface area contributed by atoms with Gasteiger partial charge in [0.25, 0.3) is 0 Å². The largest absolute Gasteiger partial charge is 0.481 e. The Labute approximate surface area is 93.3 Å².